The molecule has 0 saturated carbocycles. The second-order valence-corrected chi connectivity index (χ2v) is 7.95. The lowest BCUT2D eigenvalue weighted by Crippen LogP contribution is -2.15. The summed E-state index contributed by atoms with van der Waals surface area (Å²) < 4.78 is 7.66. The molecule has 0 unspecified atom stereocenters. The summed E-state index contributed by atoms with van der Waals surface area (Å²) in [6.07, 6.45) is 3.33. The van der Waals surface area contributed by atoms with Crippen molar-refractivity contribution in [3.63, 3.8) is 0 Å². The number of aryl methyl sites for hydroxylation is 1. The summed E-state index contributed by atoms with van der Waals surface area (Å²) >= 11 is 0. The van der Waals surface area contributed by atoms with Gasteiger partial charge in [0.2, 0.25) is 5.88 Å². The molecule has 0 aliphatic heterocycles. The van der Waals surface area contributed by atoms with Crippen LogP contribution in [0.5, 0.6) is 5.88 Å². The number of unbranched alkanes of at least 4 members (excludes halogenated alkanes) is 1. The fraction of sp³-hybridized carbons (Fsp3) is 0.478. The number of nitrogens with zero attached hydrogens (tertiary/aromatic N) is 3. The minimum Gasteiger partial charge on any atom is -0.475 e. The monoisotopic (exact) mass is 413 g/mol. The number of aromatic nitrogens is 2. The van der Waals surface area contributed by atoms with Crippen LogP contribution in [-0.4, -0.2) is 26.6 Å². The summed E-state index contributed by atoms with van der Waals surface area (Å²) in [5.41, 5.74) is 3.63. The number of nitro benzene ring substituents is 1. The first kappa shape index (κ1) is 23.3. The van der Waals surface area contributed by atoms with Gasteiger partial charge in [-0.2, -0.15) is 5.10 Å². The molecule has 0 radical (unpaired) electrons. The van der Waals surface area contributed by atoms with Crippen molar-refractivity contribution in [1.82, 2.24) is 9.78 Å². The molecular formula is C23H31N3O4. The molecule has 1 heterocycles. The van der Waals surface area contributed by atoms with E-state index in [1.165, 1.54) is 18.3 Å². The number of allylic oxidation sites excluding steroid dienone is 2. The van der Waals surface area contributed by atoms with Crippen LogP contribution in [0.2, 0.25) is 0 Å². The number of ether oxygens (including phenoxy) is 1. The molecule has 0 aliphatic carbocycles. The molecule has 0 spiro atoms. The largest absolute Gasteiger partial charge is 0.475 e. The third-order valence-corrected chi connectivity index (χ3v) is 5.12. The molecule has 0 amide bonds. The minimum absolute atomic E-state index is 0.0000415. The normalized spacial score (nSPS) is 10.9. The van der Waals surface area contributed by atoms with Crippen molar-refractivity contribution in [2.45, 2.75) is 74.0 Å². The van der Waals surface area contributed by atoms with Crippen LogP contribution in [0.25, 0.3) is 5.57 Å². The van der Waals surface area contributed by atoms with Crippen molar-refractivity contribution >= 4 is 17.0 Å². The van der Waals surface area contributed by atoms with Crippen LogP contribution in [0, 0.1) is 17.0 Å². The lowest BCUT2D eigenvalue weighted by Gasteiger charge is -2.15. The average molecular weight is 414 g/mol. The Bertz CT molecular complexity index is 983. The van der Waals surface area contributed by atoms with E-state index in [0.717, 1.165) is 24.0 Å². The SMILES string of the molecule is CCCCn1ncc(C(=O)c2ccc([N+](=O)[O-])c(C(C)=C(C)C)c2C)c1OC(C)C. The predicted octanol–water partition coefficient (Wildman–Crippen LogP) is 5.73. The van der Waals surface area contributed by atoms with Gasteiger partial charge < -0.3 is 4.74 Å². The molecule has 1 aromatic carbocycles. The van der Waals surface area contributed by atoms with Crippen molar-refractivity contribution in [1.29, 1.82) is 0 Å². The molecule has 2 aromatic rings. The Morgan fingerprint density at radius 2 is 1.90 bits per heavy atom. The van der Waals surface area contributed by atoms with E-state index in [2.05, 4.69) is 12.0 Å². The van der Waals surface area contributed by atoms with Gasteiger partial charge in [-0.15, -0.1) is 0 Å². The molecule has 0 atom stereocenters. The summed E-state index contributed by atoms with van der Waals surface area (Å²) in [4.78, 5) is 24.7. The molecule has 0 bridgehead atoms. The Balaban J connectivity index is 2.64. The molecule has 0 aliphatic rings. The van der Waals surface area contributed by atoms with Crippen molar-refractivity contribution in [3.8, 4) is 5.88 Å². The highest BCUT2D eigenvalue weighted by Crippen LogP contribution is 2.34. The molecule has 0 N–H and O–H groups in total. The van der Waals surface area contributed by atoms with Gasteiger partial charge in [0, 0.05) is 18.2 Å². The van der Waals surface area contributed by atoms with Gasteiger partial charge in [0.15, 0.2) is 5.78 Å². The van der Waals surface area contributed by atoms with Crippen LogP contribution < -0.4 is 4.74 Å². The summed E-state index contributed by atoms with van der Waals surface area (Å²) in [6.45, 7) is 14.0. The maximum atomic E-state index is 13.5. The number of nitro groups is 1. The third-order valence-electron chi connectivity index (χ3n) is 5.12. The quantitative estimate of drug-likeness (QED) is 0.297. The third kappa shape index (κ3) is 4.78. The Morgan fingerprint density at radius 3 is 2.43 bits per heavy atom. The number of carbonyl (C=O) groups is 1. The second kappa shape index (κ2) is 9.69. The van der Waals surface area contributed by atoms with Gasteiger partial charge in [0.25, 0.3) is 5.69 Å². The lowest BCUT2D eigenvalue weighted by molar-refractivity contribution is -0.385. The second-order valence-electron chi connectivity index (χ2n) is 7.95. The highest BCUT2D eigenvalue weighted by atomic mass is 16.6. The van der Waals surface area contributed by atoms with Gasteiger partial charge in [0.1, 0.15) is 5.56 Å². The van der Waals surface area contributed by atoms with Crippen molar-refractivity contribution < 1.29 is 14.5 Å². The summed E-state index contributed by atoms with van der Waals surface area (Å²) in [6, 6.07) is 2.94. The van der Waals surface area contributed by atoms with Crippen molar-refractivity contribution in [2.24, 2.45) is 0 Å². The first-order chi connectivity index (χ1) is 14.1. The van der Waals surface area contributed by atoms with Crippen molar-refractivity contribution in [2.75, 3.05) is 0 Å². The van der Waals surface area contributed by atoms with Crippen LogP contribution >= 0.6 is 0 Å². The smallest absolute Gasteiger partial charge is 0.277 e. The Labute approximate surface area is 177 Å². The molecule has 7 heteroatoms. The van der Waals surface area contributed by atoms with Crippen molar-refractivity contribution in [3.05, 3.63) is 56.3 Å². The van der Waals surface area contributed by atoms with Gasteiger partial charge in [0.05, 0.1) is 22.8 Å². The van der Waals surface area contributed by atoms with E-state index < -0.39 is 4.92 Å². The fourth-order valence-electron chi connectivity index (χ4n) is 3.31. The molecule has 162 valence electrons. The first-order valence-electron chi connectivity index (χ1n) is 10.3. The first-order valence-corrected chi connectivity index (χ1v) is 10.3. The molecule has 0 saturated heterocycles. The lowest BCUT2D eigenvalue weighted by atomic mass is 9.90. The molecule has 0 fully saturated rings. The standard InChI is InChI=1S/C23H31N3O4/c1-8-9-12-25-23(30-15(4)5)19(13-24-25)22(27)18-10-11-20(26(28)29)21(17(18)7)16(6)14(2)3/h10-11,13,15H,8-9,12H2,1-7H3. The molecular weight excluding hydrogens is 382 g/mol. The van der Waals surface area contributed by atoms with Crippen LogP contribution in [0.1, 0.15) is 81.4 Å². The zero-order valence-corrected chi connectivity index (χ0v) is 18.9. The summed E-state index contributed by atoms with van der Waals surface area (Å²) in [7, 11) is 0. The number of hydrogen-bond acceptors (Lipinski definition) is 5. The number of benzene rings is 1. The Kier molecular flexibility index (Phi) is 7.54. The molecule has 2 rings (SSSR count). The van der Waals surface area contributed by atoms with Gasteiger partial charge in [-0.25, -0.2) is 4.68 Å². The van der Waals surface area contributed by atoms with E-state index in [9.17, 15) is 14.9 Å². The zero-order valence-electron chi connectivity index (χ0n) is 18.9. The topological polar surface area (TPSA) is 87.3 Å². The van der Waals surface area contributed by atoms with Crippen LogP contribution in [-0.2, 0) is 6.54 Å². The van der Waals surface area contributed by atoms with Crippen LogP contribution in [0.3, 0.4) is 0 Å². The fourth-order valence-corrected chi connectivity index (χ4v) is 3.31. The maximum Gasteiger partial charge on any atom is 0.277 e. The molecule has 1 aromatic heterocycles. The predicted molar refractivity (Wildman–Crippen MR) is 118 cm³/mol. The van der Waals surface area contributed by atoms with Crippen LogP contribution in [0.4, 0.5) is 5.69 Å². The highest BCUT2D eigenvalue weighted by Gasteiger charge is 2.27. The molecule has 30 heavy (non-hydrogen) atoms. The van der Waals surface area contributed by atoms with E-state index in [4.69, 9.17) is 4.74 Å². The van der Waals surface area contributed by atoms with Crippen LogP contribution in [0.15, 0.2) is 23.9 Å². The maximum absolute atomic E-state index is 13.5. The average Bonchev–Trinajstić information content (AvgIpc) is 3.06. The minimum atomic E-state index is -0.404. The van der Waals surface area contributed by atoms with E-state index >= 15 is 0 Å². The molecule has 7 nitrogen and oxygen atoms in total. The van der Waals surface area contributed by atoms with Gasteiger partial charge in [-0.05, 0) is 65.2 Å². The number of ketones is 1. The Morgan fingerprint density at radius 1 is 1.23 bits per heavy atom. The van der Waals surface area contributed by atoms with Gasteiger partial charge in [-0.3, -0.25) is 14.9 Å². The number of hydrogen-bond donors (Lipinski definition) is 0. The van der Waals surface area contributed by atoms with E-state index in [1.54, 1.807) is 11.6 Å². The number of rotatable bonds is 9. The number of carbonyl (C=O) groups excluding carboxylic acids is 1. The highest BCUT2D eigenvalue weighted by molar-refractivity contribution is 6.12. The van der Waals surface area contributed by atoms with Gasteiger partial charge >= 0.3 is 0 Å². The van der Waals surface area contributed by atoms with E-state index in [-0.39, 0.29) is 17.6 Å². The zero-order chi connectivity index (χ0) is 22.6. The van der Waals surface area contributed by atoms with Gasteiger partial charge in [-0.1, -0.05) is 18.9 Å². The van der Waals surface area contributed by atoms with E-state index in [1.807, 2.05) is 34.6 Å². The van der Waals surface area contributed by atoms with E-state index in [0.29, 0.717) is 34.7 Å². The Hall–Kier alpha value is -2.96. The summed E-state index contributed by atoms with van der Waals surface area (Å²) in [5.74, 6) is 0.199. The summed E-state index contributed by atoms with van der Waals surface area (Å²) in [5, 5.41) is 16.0.